The highest BCUT2D eigenvalue weighted by Gasteiger charge is 2.14. The van der Waals surface area contributed by atoms with Gasteiger partial charge in [-0.1, -0.05) is 0 Å². The number of hydrogen-bond acceptors (Lipinski definition) is 4. The summed E-state index contributed by atoms with van der Waals surface area (Å²) in [6.07, 6.45) is 0.650. The van der Waals surface area contributed by atoms with Crippen LogP contribution < -0.4 is 5.73 Å². The van der Waals surface area contributed by atoms with E-state index in [0.29, 0.717) is 6.42 Å². The van der Waals surface area contributed by atoms with Crippen molar-refractivity contribution >= 4 is 0 Å². The van der Waals surface area contributed by atoms with Crippen molar-refractivity contribution in [2.24, 2.45) is 5.73 Å². The van der Waals surface area contributed by atoms with Gasteiger partial charge in [-0.25, -0.2) is 0 Å². The average Bonchev–Trinajstić information content (AvgIpc) is 2.17. The molecule has 0 aliphatic carbocycles. The summed E-state index contributed by atoms with van der Waals surface area (Å²) in [5.74, 6) is 0. The summed E-state index contributed by atoms with van der Waals surface area (Å²) in [5, 5.41) is 8.43. The Morgan fingerprint density at radius 1 is 1.08 bits per heavy atom. The van der Waals surface area contributed by atoms with Crippen molar-refractivity contribution < 1.29 is 0 Å². The Labute approximate surface area is 79.9 Å². The zero-order valence-electron chi connectivity index (χ0n) is 8.08. The molecule has 1 rings (SSSR count). The van der Waals surface area contributed by atoms with Gasteiger partial charge in [-0.15, -0.1) is 0 Å². The van der Waals surface area contributed by atoms with Crippen LogP contribution in [0.15, 0.2) is 0 Å². The van der Waals surface area contributed by atoms with Gasteiger partial charge in [-0.05, 0) is 0 Å². The molecule has 1 saturated heterocycles. The lowest BCUT2D eigenvalue weighted by Crippen LogP contribution is -2.47. The summed E-state index contributed by atoms with van der Waals surface area (Å²) in [5.41, 5.74) is 5.48. The van der Waals surface area contributed by atoms with E-state index in [0.717, 1.165) is 45.8 Å². The van der Waals surface area contributed by atoms with E-state index in [2.05, 4.69) is 15.9 Å². The maximum absolute atomic E-state index is 8.43. The first-order chi connectivity index (χ1) is 6.36. The first kappa shape index (κ1) is 10.5. The van der Waals surface area contributed by atoms with E-state index in [4.69, 9.17) is 11.0 Å². The molecule has 0 bridgehead atoms. The molecule has 0 aromatic carbocycles. The minimum atomic E-state index is 0.650. The monoisotopic (exact) mass is 182 g/mol. The van der Waals surface area contributed by atoms with Crippen molar-refractivity contribution in [1.82, 2.24) is 9.80 Å². The van der Waals surface area contributed by atoms with E-state index in [-0.39, 0.29) is 0 Å². The normalized spacial score (nSPS) is 20.0. The zero-order chi connectivity index (χ0) is 9.52. The molecule has 0 atom stereocenters. The number of rotatable bonds is 4. The third-order valence-electron chi connectivity index (χ3n) is 2.45. The lowest BCUT2D eigenvalue weighted by molar-refractivity contribution is 0.137. The standard InChI is InChI=1S/C9H18N4/c10-2-1-4-12-6-8-13(5-3-11)9-7-12/h1,3-9,11H2. The highest BCUT2D eigenvalue weighted by atomic mass is 15.3. The molecule has 0 unspecified atom stereocenters. The molecular weight excluding hydrogens is 164 g/mol. The quantitative estimate of drug-likeness (QED) is 0.635. The molecule has 0 aromatic heterocycles. The summed E-state index contributed by atoms with van der Waals surface area (Å²) < 4.78 is 0. The Morgan fingerprint density at radius 2 is 1.62 bits per heavy atom. The van der Waals surface area contributed by atoms with Gasteiger partial charge in [0.2, 0.25) is 0 Å². The Hall–Kier alpha value is -0.630. The number of nitrogens with zero attached hydrogens (tertiary/aromatic N) is 3. The van der Waals surface area contributed by atoms with Crippen LogP contribution in [-0.4, -0.2) is 55.6 Å². The van der Waals surface area contributed by atoms with Crippen molar-refractivity contribution in [3.05, 3.63) is 0 Å². The number of hydrogen-bond donors (Lipinski definition) is 1. The molecule has 1 aliphatic rings. The van der Waals surface area contributed by atoms with Crippen molar-refractivity contribution in [3.8, 4) is 6.07 Å². The van der Waals surface area contributed by atoms with Gasteiger partial charge in [-0.3, -0.25) is 9.80 Å². The van der Waals surface area contributed by atoms with Crippen LogP contribution in [0.2, 0.25) is 0 Å². The van der Waals surface area contributed by atoms with Crippen LogP contribution in [0.5, 0.6) is 0 Å². The minimum Gasteiger partial charge on any atom is -0.329 e. The molecule has 0 radical (unpaired) electrons. The van der Waals surface area contributed by atoms with Crippen LogP contribution in [0.1, 0.15) is 6.42 Å². The van der Waals surface area contributed by atoms with E-state index in [1.807, 2.05) is 0 Å². The Kier molecular flexibility index (Phi) is 4.76. The van der Waals surface area contributed by atoms with Crippen LogP contribution in [0.3, 0.4) is 0 Å². The fourth-order valence-corrected chi connectivity index (χ4v) is 1.63. The third-order valence-corrected chi connectivity index (χ3v) is 2.45. The number of nitrogens with two attached hydrogens (primary N) is 1. The molecule has 0 saturated carbocycles. The highest BCUT2D eigenvalue weighted by molar-refractivity contribution is 4.76. The number of nitriles is 1. The van der Waals surface area contributed by atoms with Crippen LogP contribution in [0, 0.1) is 11.3 Å². The maximum Gasteiger partial charge on any atom is 0.0635 e. The zero-order valence-corrected chi connectivity index (χ0v) is 8.08. The summed E-state index contributed by atoms with van der Waals surface area (Å²) in [4.78, 5) is 4.72. The molecule has 13 heavy (non-hydrogen) atoms. The van der Waals surface area contributed by atoms with Crippen molar-refractivity contribution in [2.75, 3.05) is 45.8 Å². The molecular formula is C9H18N4. The predicted octanol–water partition coefficient (Wildman–Crippen LogP) is -0.524. The van der Waals surface area contributed by atoms with Crippen LogP contribution >= 0.6 is 0 Å². The van der Waals surface area contributed by atoms with E-state index >= 15 is 0 Å². The molecule has 1 heterocycles. The second kappa shape index (κ2) is 5.92. The van der Waals surface area contributed by atoms with Gasteiger partial charge < -0.3 is 5.73 Å². The van der Waals surface area contributed by atoms with Gasteiger partial charge in [-0.2, -0.15) is 5.26 Å². The van der Waals surface area contributed by atoms with Crippen LogP contribution in [0.25, 0.3) is 0 Å². The van der Waals surface area contributed by atoms with E-state index in [9.17, 15) is 0 Å². The molecule has 4 nitrogen and oxygen atoms in total. The van der Waals surface area contributed by atoms with Crippen molar-refractivity contribution in [3.63, 3.8) is 0 Å². The van der Waals surface area contributed by atoms with Gasteiger partial charge in [0, 0.05) is 52.2 Å². The molecule has 0 spiro atoms. The van der Waals surface area contributed by atoms with Crippen molar-refractivity contribution in [1.29, 1.82) is 5.26 Å². The SMILES string of the molecule is N#CCCN1CCN(CCN)CC1. The molecule has 1 fully saturated rings. The predicted molar refractivity (Wildman–Crippen MR) is 52.2 cm³/mol. The maximum atomic E-state index is 8.43. The Bertz CT molecular complexity index is 167. The number of piperazine rings is 1. The second-order valence-corrected chi connectivity index (χ2v) is 3.38. The Morgan fingerprint density at radius 3 is 2.08 bits per heavy atom. The molecule has 0 aromatic rings. The van der Waals surface area contributed by atoms with Gasteiger partial charge in [0.15, 0.2) is 0 Å². The molecule has 4 heteroatoms. The topological polar surface area (TPSA) is 56.3 Å². The molecule has 0 amide bonds. The summed E-state index contributed by atoms with van der Waals surface area (Å²) in [6.45, 7) is 7.05. The van der Waals surface area contributed by atoms with E-state index in [1.165, 1.54) is 0 Å². The van der Waals surface area contributed by atoms with Crippen LogP contribution in [0.4, 0.5) is 0 Å². The highest BCUT2D eigenvalue weighted by Crippen LogP contribution is 2.00. The molecule has 1 aliphatic heterocycles. The molecule has 74 valence electrons. The lowest BCUT2D eigenvalue weighted by Gasteiger charge is -2.33. The van der Waals surface area contributed by atoms with E-state index < -0.39 is 0 Å². The fraction of sp³-hybridized carbons (Fsp3) is 0.889. The molecule has 2 N–H and O–H groups in total. The summed E-state index contributed by atoms with van der Waals surface area (Å²) in [6, 6.07) is 2.18. The third kappa shape index (κ3) is 3.73. The van der Waals surface area contributed by atoms with Gasteiger partial charge in [0.1, 0.15) is 0 Å². The van der Waals surface area contributed by atoms with Gasteiger partial charge in [0.25, 0.3) is 0 Å². The first-order valence-electron chi connectivity index (χ1n) is 4.88. The van der Waals surface area contributed by atoms with Gasteiger partial charge >= 0.3 is 0 Å². The fourth-order valence-electron chi connectivity index (χ4n) is 1.63. The lowest BCUT2D eigenvalue weighted by atomic mass is 10.3. The van der Waals surface area contributed by atoms with E-state index in [1.54, 1.807) is 0 Å². The van der Waals surface area contributed by atoms with Gasteiger partial charge in [0.05, 0.1) is 6.07 Å². The minimum absolute atomic E-state index is 0.650. The van der Waals surface area contributed by atoms with Crippen molar-refractivity contribution in [2.45, 2.75) is 6.42 Å². The largest absolute Gasteiger partial charge is 0.329 e. The van der Waals surface area contributed by atoms with Crippen LogP contribution in [-0.2, 0) is 0 Å². The first-order valence-corrected chi connectivity index (χ1v) is 4.88. The summed E-state index contributed by atoms with van der Waals surface area (Å²) >= 11 is 0. The Balaban J connectivity index is 2.12. The summed E-state index contributed by atoms with van der Waals surface area (Å²) in [7, 11) is 0. The average molecular weight is 182 g/mol. The second-order valence-electron chi connectivity index (χ2n) is 3.38. The smallest absolute Gasteiger partial charge is 0.0635 e.